The highest BCUT2D eigenvalue weighted by Crippen LogP contribution is 2.38. The van der Waals surface area contributed by atoms with Crippen LogP contribution in [0, 0.1) is 10.8 Å². The predicted octanol–water partition coefficient (Wildman–Crippen LogP) is 2.49. The molecule has 0 spiro atoms. The van der Waals surface area contributed by atoms with Crippen molar-refractivity contribution in [2.45, 2.75) is 47.5 Å². The first-order chi connectivity index (χ1) is 9.62. The molecule has 1 unspecified atom stereocenters. The summed E-state index contributed by atoms with van der Waals surface area (Å²) in [4.78, 5) is 26.2. The van der Waals surface area contributed by atoms with Gasteiger partial charge >= 0.3 is 11.9 Å². The van der Waals surface area contributed by atoms with Gasteiger partial charge in [0.15, 0.2) is 0 Å². The van der Waals surface area contributed by atoms with Crippen LogP contribution in [0.2, 0.25) is 0 Å². The molecule has 0 bridgehead atoms. The molecule has 0 fully saturated rings. The van der Waals surface area contributed by atoms with Gasteiger partial charge in [0.05, 0.1) is 17.9 Å². The maximum Gasteiger partial charge on any atom is 0.311 e. The zero-order valence-corrected chi connectivity index (χ0v) is 14.6. The molecule has 5 heteroatoms. The second-order valence-corrected chi connectivity index (χ2v) is 6.50. The number of nitrogens with zero attached hydrogens (tertiary/aromatic N) is 1. The second kappa shape index (κ2) is 8.37. The van der Waals surface area contributed by atoms with Crippen molar-refractivity contribution in [1.82, 2.24) is 4.90 Å². The molecule has 0 aliphatic rings. The molecule has 0 saturated heterocycles. The highest BCUT2D eigenvalue weighted by molar-refractivity contribution is 5.80. The first kappa shape index (κ1) is 19.9. The van der Waals surface area contributed by atoms with Crippen LogP contribution in [-0.4, -0.2) is 50.7 Å². The zero-order valence-electron chi connectivity index (χ0n) is 14.6. The Labute approximate surface area is 129 Å². The highest BCUT2D eigenvalue weighted by Gasteiger charge is 2.42. The van der Waals surface area contributed by atoms with Crippen molar-refractivity contribution in [2.24, 2.45) is 10.8 Å². The Morgan fingerprint density at radius 3 is 2.10 bits per heavy atom. The van der Waals surface area contributed by atoms with Gasteiger partial charge in [-0.15, -0.1) is 0 Å². The second-order valence-electron chi connectivity index (χ2n) is 6.50. The number of likely N-dealkylation sites (N-methyl/N-ethyl adjacent to an activating group) is 1. The minimum Gasteiger partial charge on any atom is -0.469 e. The van der Waals surface area contributed by atoms with E-state index in [0.29, 0.717) is 26.0 Å². The summed E-state index contributed by atoms with van der Waals surface area (Å²) in [7, 11) is 3.35. The van der Waals surface area contributed by atoms with Crippen LogP contribution in [0.3, 0.4) is 0 Å². The van der Waals surface area contributed by atoms with Crippen LogP contribution >= 0.6 is 0 Å². The van der Waals surface area contributed by atoms with Crippen molar-refractivity contribution in [3.63, 3.8) is 0 Å². The van der Waals surface area contributed by atoms with E-state index in [0.717, 1.165) is 6.54 Å². The lowest BCUT2D eigenvalue weighted by Crippen LogP contribution is -2.39. The number of hydrogen-bond acceptors (Lipinski definition) is 5. The van der Waals surface area contributed by atoms with Gasteiger partial charge in [0.25, 0.3) is 0 Å². The van der Waals surface area contributed by atoms with Crippen LogP contribution in [0.25, 0.3) is 0 Å². The average molecular weight is 301 g/mol. The van der Waals surface area contributed by atoms with Gasteiger partial charge in [-0.25, -0.2) is 0 Å². The molecule has 0 N–H and O–H groups in total. The monoisotopic (exact) mass is 301 g/mol. The fourth-order valence-electron chi connectivity index (χ4n) is 2.28. The van der Waals surface area contributed by atoms with E-state index in [-0.39, 0.29) is 11.9 Å². The number of methoxy groups -OCH3 is 1. The average Bonchev–Trinajstić information content (AvgIpc) is 2.45. The van der Waals surface area contributed by atoms with Gasteiger partial charge in [-0.05, 0) is 47.2 Å². The van der Waals surface area contributed by atoms with Gasteiger partial charge in [-0.3, -0.25) is 9.59 Å². The van der Waals surface area contributed by atoms with E-state index in [1.807, 2.05) is 34.7 Å². The molecular formula is C16H31NO4. The van der Waals surface area contributed by atoms with Crippen LogP contribution < -0.4 is 0 Å². The van der Waals surface area contributed by atoms with Gasteiger partial charge in [0.1, 0.15) is 6.61 Å². The molecule has 0 aromatic heterocycles. The molecule has 0 radical (unpaired) electrons. The van der Waals surface area contributed by atoms with E-state index in [1.165, 1.54) is 7.11 Å². The molecule has 0 aliphatic heterocycles. The molecular weight excluding hydrogens is 270 g/mol. The van der Waals surface area contributed by atoms with Crippen LogP contribution in [0.15, 0.2) is 0 Å². The van der Waals surface area contributed by atoms with Gasteiger partial charge in [-0.2, -0.15) is 0 Å². The van der Waals surface area contributed by atoms with Gasteiger partial charge < -0.3 is 14.4 Å². The molecule has 0 heterocycles. The van der Waals surface area contributed by atoms with Gasteiger partial charge in [0.2, 0.25) is 0 Å². The number of esters is 2. The maximum absolute atomic E-state index is 12.2. The van der Waals surface area contributed by atoms with Crippen LogP contribution in [-0.2, 0) is 19.1 Å². The van der Waals surface area contributed by atoms with Crippen molar-refractivity contribution >= 4 is 11.9 Å². The summed E-state index contributed by atoms with van der Waals surface area (Å²) in [6, 6.07) is 0. The number of rotatable bonds is 9. The summed E-state index contributed by atoms with van der Waals surface area (Å²) >= 11 is 0. The molecule has 0 aromatic rings. The molecule has 21 heavy (non-hydrogen) atoms. The van der Waals surface area contributed by atoms with Gasteiger partial charge in [0, 0.05) is 6.54 Å². The fraction of sp³-hybridized carbons (Fsp3) is 0.875. The van der Waals surface area contributed by atoms with Crippen LogP contribution in [0.4, 0.5) is 0 Å². The molecule has 0 aromatic carbocycles. The summed E-state index contributed by atoms with van der Waals surface area (Å²) < 4.78 is 10.2. The number of hydrogen-bond donors (Lipinski definition) is 0. The summed E-state index contributed by atoms with van der Waals surface area (Å²) in [6.07, 6.45) is 1.03. The lowest BCUT2D eigenvalue weighted by Gasteiger charge is -2.33. The predicted molar refractivity (Wildman–Crippen MR) is 82.9 cm³/mol. The Morgan fingerprint density at radius 1 is 1.10 bits per heavy atom. The van der Waals surface area contributed by atoms with E-state index in [1.54, 1.807) is 0 Å². The third-order valence-electron chi connectivity index (χ3n) is 4.09. The first-order valence-electron chi connectivity index (χ1n) is 7.57. The third-order valence-corrected chi connectivity index (χ3v) is 4.09. The van der Waals surface area contributed by atoms with E-state index in [2.05, 4.69) is 11.8 Å². The molecule has 5 nitrogen and oxygen atoms in total. The van der Waals surface area contributed by atoms with E-state index in [4.69, 9.17) is 9.47 Å². The van der Waals surface area contributed by atoms with Crippen LogP contribution in [0.1, 0.15) is 47.5 Å². The summed E-state index contributed by atoms with van der Waals surface area (Å²) in [5.74, 6) is -0.549. The van der Waals surface area contributed by atoms with Crippen molar-refractivity contribution in [3.05, 3.63) is 0 Å². The lowest BCUT2D eigenvalue weighted by atomic mass is 9.72. The molecule has 0 aliphatic carbocycles. The quantitative estimate of drug-likeness (QED) is 0.612. The molecule has 124 valence electrons. The molecule has 0 amide bonds. The Balaban J connectivity index is 4.65. The Hall–Kier alpha value is -1.10. The van der Waals surface area contributed by atoms with E-state index >= 15 is 0 Å². The largest absolute Gasteiger partial charge is 0.469 e. The number of ether oxygens (including phenoxy) is 2. The highest BCUT2D eigenvalue weighted by atomic mass is 16.5. The smallest absolute Gasteiger partial charge is 0.311 e. The standard InChI is InChI=1S/C16H31NO4/c1-8-16(5,14(19)20-7)12-15(3,4)13(18)21-11-10-17(6)9-2/h8-12H2,1-7H3. The normalized spacial score (nSPS) is 14.7. The zero-order chi connectivity index (χ0) is 16.7. The molecule has 0 rings (SSSR count). The van der Waals surface area contributed by atoms with Crippen molar-refractivity contribution in [1.29, 1.82) is 0 Å². The Morgan fingerprint density at radius 2 is 1.67 bits per heavy atom. The minimum atomic E-state index is -0.719. The number of carbonyl (C=O) groups excluding carboxylic acids is 2. The molecule has 1 atom stereocenters. The first-order valence-corrected chi connectivity index (χ1v) is 7.57. The van der Waals surface area contributed by atoms with E-state index in [9.17, 15) is 9.59 Å². The SMILES string of the molecule is CCN(C)CCOC(=O)C(C)(C)CC(C)(CC)C(=O)OC. The van der Waals surface area contributed by atoms with Gasteiger partial charge in [-0.1, -0.05) is 13.8 Å². The Kier molecular flexibility index (Phi) is 7.93. The number of carbonyl (C=O) groups is 2. The minimum absolute atomic E-state index is 0.268. The lowest BCUT2D eigenvalue weighted by molar-refractivity contribution is -0.161. The summed E-state index contributed by atoms with van der Waals surface area (Å²) in [6.45, 7) is 11.4. The van der Waals surface area contributed by atoms with Crippen molar-refractivity contribution in [3.8, 4) is 0 Å². The van der Waals surface area contributed by atoms with Crippen LogP contribution in [0.5, 0.6) is 0 Å². The Bertz CT molecular complexity index is 354. The summed E-state index contributed by atoms with van der Waals surface area (Å²) in [5, 5.41) is 0. The maximum atomic E-state index is 12.2. The van der Waals surface area contributed by atoms with Crippen molar-refractivity contribution < 1.29 is 19.1 Å². The topological polar surface area (TPSA) is 55.8 Å². The summed E-state index contributed by atoms with van der Waals surface area (Å²) in [5.41, 5.74) is -1.39. The van der Waals surface area contributed by atoms with Crippen molar-refractivity contribution in [2.75, 3.05) is 33.9 Å². The molecule has 0 saturated carbocycles. The third kappa shape index (κ3) is 6.04. The fourth-order valence-corrected chi connectivity index (χ4v) is 2.28. The van der Waals surface area contributed by atoms with E-state index < -0.39 is 10.8 Å².